The highest BCUT2D eigenvalue weighted by molar-refractivity contribution is 7.97. The molecule has 3 rings (SSSR count). The lowest BCUT2D eigenvalue weighted by Gasteiger charge is -2.19. The van der Waals surface area contributed by atoms with Crippen LogP contribution in [-0.2, 0) is 26.1 Å². The second-order valence-electron chi connectivity index (χ2n) is 6.71. The quantitative estimate of drug-likeness (QED) is 0.619. The molecule has 1 aliphatic heterocycles. The molecule has 2 aromatic rings. The number of hydrogen-bond acceptors (Lipinski definition) is 8. The van der Waals surface area contributed by atoms with E-state index in [2.05, 4.69) is 5.32 Å². The van der Waals surface area contributed by atoms with Crippen molar-refractivity contribution in [3.05, 3.63) is 40.2 Å². The number of rotatable bonds is 8. The van der Waals surface area contributed by atoms with Crippen molar-refractivity contribution in [3.8, 4) is 11.5 Å². The third-order valence-electron chi connectivity index (χ3n) is 4.82. The van der Waals surface area contributed by atoms with E-state index in [0.717, 1.165) is 16.9 Å². The monoisotopic (exact) mass is 479 g/mol. The van der Waals surface area contributed by atoms with Crippen LogP contribution in [0, 0.1) is 0 Å². The van der Waals surface area contributed by atoms with Gasteiger partial charge in [-0.1, -0.05) is 11.6 Å². The molecule has 11 heteroatoms. The zero-order valence-electron chi connectivity index (χ0n) is 15.9. The zero-order valence-corrected chi connectivity index (χ0v) is 19.1. The summed E-state index contributed by atoms with van der Waals surface area (Å²) in [5, 5.41) is 2.08. The fourth-order valence-corrected chi connectivity index (χ4v) is 9.81. The molecule has 1 N–H and O–H groups in total. The molecule has 0 bridgehead atoms. The summed E-state index contributed by atoms with van der Waals surface area (Å²) in [6.45, 7) is 0.390. The van der Waals surface area contributed by atoms with Crippen LogP contribution in [0.3, 0.4) is 0 Å². The smallest absolute Gasteiger partial charge is 0.193 e. The van der Waals surface area contributed by atoms with E-state index in [0.29, 0.717) is 28.8 Å². The summed E-state index contributed by atoms with van der Waals surface area (Å²) >= 11 is 6.81. The van der Waals surface area contributed by atoms with Crippen molar-refractivity contribution in [2.75, 3.05) is 32.3 Å². The molecule has 0 aliphatic carbocycles. The van der Waals surface area contributed by atoms with E-state index in [9.17, 15) is 16.8 Å². The second kappa shape index (κ2) is 8.81. The van der Waals surface area contributed by atoms with Gasteiger partial charge in [-0.15, -0.1) is 11.3 Å². The summed E-state index contributed by atoms with van der Waals surface area (Å²) in [5.74, 6) is 0.749. The first-order chi connectivity index (χ1) is 13.7. The van der Waals surface area contributed by atoms with Gasteiger partial charge in [-0.25, -0.2) is 16.8 Å². The number of hydrogen-bond donors (Lipinski definition) is 1. The van der Waals surface area contributed by atoms with Gasteiger partial charge < -0.3 is 14.8 Å². The lowest BCUT2D eigenvalue weighted by molar-refractivity contribution is 0.398. The molecule has 0 amide bonds. The molecule has 1 fully saturated rings. The van der Waals surface area contributed by atoms with E-state index in [1.54, 1.807) is 26.4 Å². The van der Waals surface area contributed by atoms with Crippen molar-refractivity contribution in [2.24, 2.45) is 0 Å². The minimum absolute atomic E-state index is 0.0888. The van der Waals surface area contributed by atoms with E-state index in [1.807, 2.05) is 6.07 Å². The number of nitrogens with one attached hydrogen (secondary N) is 1. The van der Waals surface area contributed by atoms with E-state index < -0.39 is 36.7 Å². The summed E-state index contributed by atoms with van der Waals surface area (Å²) in [5.41, 5.74) is 0.879. The second-order valence-corrected chi connectivity index (χ2v) is 13.0. The Labute approximate surface area is 179 Å². The van der Waals surface area contributed by atoms with Crippen molar-refractivity contribution < 1.29 is 26.3 Å². The van der Waals surface area contributed by atoms with Gasteiger partial charge in [0.25, 0.3) is 0 Å². The maximum Gasteiger partial charge on any atom is 0.193 e. The molecule has 0 radical (unpaired) electrons. The van der Waals surface area contributed by atoms with Crippen LogP contribution in [0.5, 0.6) is 11.5 Å². The number of benzene rings is 1. The highest BCUT2D eigenvalue weighted by Gasteiger charge is 2.46. The van der Waals surface area contributed by atoms with E-state index in [-0.39, 0.29) is 9.96 Å². The summed E-state index contributed by atoms with van der Waals surface area (Å²) < 4.78 is 61.3. The van der Waals surface area contributed by atoms with Gasteiger partial charge in [0.1, 0.15) is 15.7 Å². The van der Waals surface area contributed by atoms with Crippen molar-refractivity contribution in [3.63, 3.8) is 0 Å². The van der Waals surface area contributed by atoms with Crippen LogP contribution >= 0.6 is 22.9 Å². The molecule has 2 heterocycles. The summed E-state index contributed by atoms with van der Waals surface area (Å²) in [6.07, 6.45) is 0.522. The Morgan fingerprint density at radius 2 is 1.93 bits per heavy atom. The molecule has 7 nitrogen and oxygen atoms in total. The molecule has 1 aromatic carbocycles. The lowest BCUT2D eigenvalue weighted by Crippen LogP contribution is -2.43. The Bertz CT molecular complexity index is 1080. The minimum Gasteiger partial charge on any atom is -0.497 e. The summed E-state index contributed by atoms with van der Waals surface area (Å²) in [7, 11) is -4.14. The fourth-order valence-electron chi connectivity index (χ4n) is 3.38. The van der Waals surface area contributed by atoms with Crippen LogP contribution in [0.4, 0.5) is 0 Å². The summed E-state index contributed by atoms with van der Waals surface area (Å²) in [6, 6.07) is 7.65. The Morgan fingerprint density at radius 1 is 1.17 bits per heavy atom. The van der Waals surface area contributed by atoms with Gasteiger partial charge in [-0.2, -0.15) is 0 Å². The Balaban J connectivity index is 1.75. The molecule has 2 atom stereocenters. The molecule has 1 aromatic heterocycles. The molecule has 1 saturated heterocycles. The van der Waals surface area contributed by atoms with Gasteiger partial charge in [-0.05, 0) is 48.9 Å². The van der Waals surface area contributed by atoms with Gasteiger partial charge in [0, 0.05) is 6.04 Å². The molecule has 0 saturated carbocycles. The first-order valence-electron chi connectivity index (χ1n) is 8.80. The highest BCUT2D eigenvalue weighted by atomic mass is 35.5. The minimum atomic E-state index is -3.81. The van der Waals surface area contributed by atoms with Crippen LogP contribution in [0.25, 0.3) is 0 Å². The van der Waals surface area contributed by atoms with Crippen LogP contribution < -0.4 is 14.8 Å². The third-order valence-corrected chi connectivity index (χ3v) is 10.7. The van der Waals surface area contributed by atoms with Gasteiger partial charge in [0.05, 0.1) is 35.3 Å². The largest absolute Gasteiger partial charge is 0.497 e. The molecular weight excluding hydrogens is 458 g/mol. The van der Waals surface area contributed by atoms with Crippen LogP contribution in [0.1, 0.15) is 5.56 Å². The Hall–Kier alpha value is -1.33. The number of methoxy groups -OCH3 is 2. The number of halogens is 1. The van der Waals surface area contributed by atoms with E-state index in [4.69, 9.17) is 21.1 Å². The van der Waals surface area contributed by atoms with E-state index in [1.165, 1.54) is 12.1 Å². The van der Waals surface area contributed by atoms with Gasteiger partial charge in [0.2, 0.25) is 0 Å². The fraction of sp³-hybridized carbons (Fsp3) is 0.444. The van der Waals surface area contributed by atoms with Crippen LogP contribution in [0.2, 0.25) is 4.34 Å². The van der Waals surface area contributed by atoms with Gasteiger partial charge in [0.15, 0.2) is 19.7 Å². The lowest BCUT2D eigenvalue weighted by atomic mass is 10.1. The van der Waals surface area contributed by atoms with Gasteiger partial charge >= 0.3 is 0 Å². The number of sulfone groups is 2. The normalized spacial score (nSPS) is 21.2. The average Bonchev–Trinajstić information content (AvgIpc) is 3.25. The number of thiophene rings is 1. The first kappa shape index (κ1) is 22.4. The van der Waals surface area contributed by atoms with Crippen molar-refractivity contribution in [1.29, 1.82) is 0 Å². The molecule has 1 aliphatic rings. The summed E-state index contributed by atoms with van der Waals surface area (Å²) in [4.78, 5) is 0. The number of ether oxygens (including phenoxy) is 2. The van der Waals surface area contributed by atoms with Crippen LogP contribution in [0.15, 0.2) is 34.5 Å². The predicted octanol–water partition coefficient (Wildman–Crippen LogP) is 2.19. The van der Waals surface area contributed by atoms with Crippen molar-refractivity contribution in [2.45, 2.75) is 21.9 Å². The maximum absolute atomic E-state index is 13.0. The molecule has 160 valence electrons. The maximum atomic E-state index is 13.0. The van der Waals surface area contributed by atoms with Crippen molar-refractivity contribution >= 4 is 42.6 Å². The average molecular weight is 480 g/mol. The molecule has 29 heavy (non-hydrogen) atoms. The highest BCUT2D eigenvalue weighted by Crippen LogP contribution is 2.32. The molecule has 0 spiro atoms. The topological polar surface area (TPSA) is 98.8 Å². The first-order valence-corrected chi connectivity index (χ1v) is 13.4. The van der Waals surface area contributed by atoms with Crippen LogP contribution in [-0.4, -0.2) is 60.4 Å². The van der Waals surface area contributed by atoms with Crippen molar-refractivity contribution in [1.82, 2.24) is 5.32 Å². The SMILES string of the molecule is COc1ccc(OC)c(CCN[C@H]2CS(=O)(=O)C[C@@H]2S(=O)(=O)c2ccc(Cl)s2)c1. The standard InChI is InChI=1S/C18H22ClNO6S3/c1-25-13-3-4-15(26-2)12(9-13)7-8-20-14-10-28(21,22)11-16(14)29(23,24)18-6-5-17(19)27-18/h3-6,9,14,16,20H,7-8,10-11H2,1-2H3/t14-,16-/m0/s1. The molecular formula is C18H22ClNO6S3. The van der Waals surface area contributed by atoms with E-state index >= 15 is 0 Å². The van der Waals surface area contributed by atoms with Gasteiger partial charge in [-0.3, -0.25) is 0 Å². The third kappa shape index (κ3) is 5.05. The predicted molar refractivity (Wildman–Crippen MR) is 114 cm³/mol. The molecule has 0 unspecified atom stereocenters. The zero-order chi connectivity index (χ0) is 21.2. The Kier molecular flexibility index (Phi) is 6.79. The Morgan fingerprint density at radius 3 is 2.55 bits per heavy atom.